The quantitative estimate of drug-likeness (QED) is 0.659. The van der Waals surface area contributed by atoms with Crippen LogP contribution in [-0.4, -0.2) is 66.5 Å². The molecule has 1 aromatic rings. The minimum atomic E-state index is -0.483. The van der Waals surface area contributed by atoms with Crippen LogP contribution < -0.4 is 5.32 Å². The van der Waals surface area contributed by atoms with E-state index in [0.29, 0.717) is 32.1 Å². The third kappa shape index (κ3) is 6.86. The maximum absolute atomic E-state index is 13.9. The molecule has 2 amide bonds. The normalized spacial score (nSPS) is 26.6. The Morgan fingerprint density at radius 2 is 1.89 bits per heavy atom. The second-order valence-electron chi connectivity index (χ2n) is 11.6. The van der Waals surface area contributed by atoms with E-state index in [4.69, 9.17) is 4.74 Å². The third-order valence-corrected chi connectivity index (χ3v) is 8.32. The van der Waals surface area contributed by atoms with Crippen molar-refractivity contribution in [3.63, 3.8) is 0 Å². The predicted octanol–water partition coefficient (Wildman–Crippen LogP) is 4.52. The molecule has 36 heavy (non-hydrogen) atoms. The van der Waals surface area contributed by atoms with Gasteiger partial charge in [-0.25, -0.2) is 4.39 Å². The number of piperidine rings is 1. The van der Waals surface area contributed by atoms with Crippen molar-refractivity contribution >= 4 is 11.8 Å². The lowest BCUT2D eigenvalue weighted by atomic mass is 9.73. The summed E-state index contributed by atoms with van der Waals surface area (Å²) in [6.07, 6.45) is 7.99. The van der Waals surface area contributed by atoms with Gasteiger partial charge < -0.3 is 15.0 Å². The molecule has 3 saturated heterocycles. The molecule has 4 rings (SSSR count). The molecule has 0 bridgehead atoms. The molecular weight excluding hydrogens is 457 g/mol. The van der Waals surface area contributed by atoms with Gasteiger partial charge in [-0.1, -0.05) is 38.8 Å². The number of hydrogen-bond donors (Lipinski definition) is 1. The van der Waals surface area contributed by atoms with Crippen LogP contribution in [0.5, 0.6) is 0 Å². The van der Waals surface area contributed by atoms with Crippen LogP contribution in [-0.2, 0) is 20.9 Å². The Balaban J connectivity index is 1.48. The Hall–Kier alpha value is -1.99. The lowest BCUT2D eigenvalue weighted by Crippen LogP contribution is -2.56. The zero-order chi connectivity index (χ0) is 25.5. The van der Waals surface area contributed by atoms with E-state index in [9.17, 15) is 14.0 Å². The molecule has 0 aliphatic carbocycles. The Morgan fingerprint density at radius 1 is 1.08 bits per heavy atom. The molecule has 2 atom stereocenters. The maximum Gasteiger partial charge on any atom is 0.245 e. The standard InChI is InChI=1S/C29H44FN3O3/c1-22(2)18-26-27(34)33-14-7-10-25(33)21-36-17-5-3-4-11-29(28(35)31-26)12-15-32(16-13-29)20-23-8-6-9-24(30)19-23/h6,8-9,19,22,25-26H,3-5,7,10-18,20-21H2,1-2H3,(H,31,35)/t25-,26-/m0/s1. The van der Waals surface area contributed by atoms with Crippen molar-refractivity contribution < 1.29 is 18.7 Å². The predicted molar refractivity (Wildman–Crippen MR) is 139 cm³/mol. The lowest BCUT2D eigenvalue weighted by Gasteiger charge is -2.42. The largest absolute Gasteiger partial charge is 0.379 e. The molecule has 0 unspecified atom stereocenters. The fourth-order valence-corrected chi connectivity index (χ4v) is 6.19. The average molecular weight is 502 g/mol. The van der Waals surface area contributed by atoms with Crippen LogP contribution in [0.4, 0.5) is 4.39 Å². The topological polar surface area (TPSA) is 61.9 Å². The first-order valence-electron chi connectivity index (χ1n) is 14.0. The summed E-state index contributed by atoms with van der Waals surface area (Å²) in [7, 11) is 0. The highest BCUT2D eigenvalue weighted by Crippen LogP contribution is 2.38. The number of rotatable bonds is 4. The SMILES string of the molecule is CC(C)C[C@@H]1NC(=O)C2(CCCCCOC[C@@H]3CCCN3C1=O)CCN(Cc1cccc(F)c1)CC2. The number of fused-ring (bicyclic) bond motifs is 1. The number of nitrogens with zero attached hydrogens (tertiary/aromatic N) is 2. The number of carbonyl (C=O) groups excluding carboxylic acids is 2. The molecule has 1 N–H and O–H groups in total. The summed E-state index contributed by atoms with van der Waals surface area (Å²) in [5.41, 5.74) is 0.507. The monoisotopic (exact) mass is 501 g/mol. The third-order valence-electron chi connectivity index (χ3n) is 8.32. The van der Waals surface area contributed by atoms with Crippen molar-refractivity contribution in [2.45, 2.75) is 90.3 Å². The number of amides is 2. The van der Waals surface area contributed by atoms with E-state index < -0.39 is 11.5 Å². The summed E-state index contributed by atoms with van der Waals surface area (Å²) < 4.78 is 19.6. The van der Waals surface area contributed by atoms with E-state index in [1.165, 1.54) is 6.07 Å². The van der Waals surface area contributed by atoms with E-state index in [0.717, 1.165) is 76.6 Å². The molecule has 3 heterocycles. The Bertz CT molecular complexity index is 884. The van der Waals surface area contributed by atoms with E-state index in [1.54, 1.807) is 12.1 Å². The number of likely N-dealkylation sites (tertiary alicyclic amines) is 1. The van der Waals surface area contributed by atoms with Gasteiger partial charge in [-0.3, -0.25) is 14.5 Å². The van der Waals surface area contributed by atoms with Crippen molar-refractivity contribution in [3.8, 4) is 0 Å². The van der Waals surface area contributed by atoms with Gasteiger partial charge >= 0.3 is 0 Å². The van der Waals surface area contributed by atoms with Gasteiger partial charge in [0.05, 0.1) is 18.1 Å². The van der Waals surface area contributed by atoms with Crippen LogP contribution >= 0.6 is 0 Å². The fourth-order valence-electron chi connectivity index (χ4n) is 6.19. The minimum Gasteiger partial charge on any atom is -0.379 e. The number of carbonyl (C=O) groups is 2. The number of ether oxygens (including phenoxy) is 1. The summed E-state index contributed by atoms with van der Waals surface area (Å²) in [4.78, 5) is 31.9. The van der Waals surface area contributed by atoms with Crippen molar-refractivity contribution in [2.75, 3.05) is 32.8 Å². The fraction of sp³-hybridized carbons (Fsp3) is 0.724. The highest BCUT2D eigenvalue weighted by atomic mass is 19.1. The van der Waals surface area contributed by atoms with Crippen LogP contribution in [0.25, 0.3) is 0 Å². The van der Waals surface area contributed by atoms with Gasteiger partial charge in [0.1, 0.15) is 11.9 Å². The first kappa shape index (κ1) is 27.1. The highest BCUT2D eigenvalue weighted by molar-refractivity contribution is 5.90. The second kappa shape index (κ2) is 12.5. The van der Waals surface area contributed by atoms with Gasteiger partial charge in [0.2, 0.25) is 11.8 Å². The van der Waals surface area contributed by atoms with Crippen molar-refractivity contribution in [1.82, 2.24) is 15.1 Å². The van der Waals surface area contributed by atoms with E-state index in [2.05, 4.69) is 24.1 Å². The molecular formula is C29H44FN3O3. The summed E-state index contributed by atoms with van der Waals surface area (Å²) >= 11 is 0. The molecule has 6 nitrogen and oxygen atoms in total. The Kier molecular flexibility index (Phi) is 9.40. The second-order valence-corrected chi connectivity index (χ2v) is 11.6. The van der Waals surface area contributed by atoms with Gasteiger partial charge in [0, 0.05) is 19.7 Å². The van der Waals surface area contributed by atoms with Crippen molar-refractivity contribution in [2.24, 2.45) is 11.3 Å². The smallest absolute Gasteiger partial charge is 0.245 e. The zero-order valence-corrected chi connectivity index (χ0v) is 22.1. The first-order valence-corrected chi connectivity index (χ1v) is 14.0. The molecule has 1 spiro atoms. The Labute approximate surface area is 215 Å². The lowest BCUT2D eigenvalue weighted by molar-refractivity contribution is -0.143. The number of nitrogens with one attached hydrogen (secondary N) is 1. The van der Waals surface area contributed by atoms with Gasteiger partial charge in [-0.05, 0) is 81.6 Å². The molecule has 0 radical (unpaired) electrons. The van der Waals surface area contributed by atoms with Crippen LogP contribution in [0.1, 0.15) is 77.2 Å². The Morgan fingerprint density at radius 3 is 2.64 bits per heavy atom. The van der Waals surface area contributed by atoms with Crippen LogP contribution in [0, 0.1) is 17.2 Å². The molecule has 3 fully saturated rings. The molecule has 200 valence electrons. The van der Waals surface area contributed by atoms with Gasteiger partial charge in [-0.2, -0.15) is 0 Å². The van der Waals surface area contributed by atoms with Crippen LogP contribution in [0.2, 0.25) is 0 Å². The van der Waals surface area contributed by atoms with Gasteiger partial charge in [0.25, 0.3) is 0 Å². The minimum absolute atomic E-state index is 0.0518. The van der Waals surface area contributed by atoms with Crippen LogP contribution in [0.15, 0.2) is 24.3 Å². The summed E-state index contributed by atoms with van der Waals surface area (Å²) in [5.74, 6) is 0.200. The summed E-state index contributed by atoms with van der Waals surface area (Å²) in [6.45, 7) is 8.56. The van der Waals surface area contributed by atoms with Crippen LogP contribution in [0.3, 0.4) is 0 Å². The summed E-state index contributed by atoms with van der Waals surface area (Å²) in [5, 5.41) is 3.26. The number of halogens is 1. The molecule has 3 aliphatic rings. The van der Waals surface area contributed by atoms with E-state index in [1.807, 2.05) is 11.0 Å². The first-order chi connectivity index (χ1) is 17.4. The zero-order valence-electron chi connectivity index (χ0n) is 22.1. The molecule has 3 aliphatic heterocycles. The average Bonchev–Trinajstić information content (AvgIpc) is 3.31. The molecule has 7 heteroatoms. The molecule has 1 aromatic carbocycles. The molecule has 0 aromatic heterocycles. The highest BCUT2D eigenvalue weighted by Gasteiger charge is 2.43. The maximum atomic E-state index is 13.9. The van der Waals surface area contributed by atoms with Crippen molar-refractivity contribution in [1.29, 1.82) is 0 Å². The van der Waals surface area contributed by atoms with Crippen molar-refractivity contribution in [3.05, 3.63) is 35.6 Å². The van der Waals surface area contributed by atoms with E-state index >= 15 is 0 Å². The van der Waals surface area contributed by atoms with Gasteiger partial charge in [0.15, 0.2) is 0 Å². The number of benzene rings is 1. The number of hydrogen-bond acceptors (Lipinski definition) is 4. The van der Waals surface area contributed by atoms with E-state index in [-0.39, 0.29) is 23.7 Å². The molecule has 0 saturated carbocycles. The summed E-state index contributed by atoms with van der Waals surface area (Å²) in [6, 6.07) is 6.40. The van der Waals surface area contributed by atoms with Gasteiger partial charge in [-0.15, -0.1) is 0 Å².